The van der Waals surface area contributed by atoms with Crippen LogP contribution in [0.5, 0.6) is 0 Å². The van der Waals surface area contributed by atoms with Crippen LogP contribution in [0.15, 0.2) is 54.6 Å². The Morgan fingerprint density at radius 1 is 0.457 bits per heavy atom. The number of rotatable bonds is 2. The highest BCUT2D eigenvalue weighted by atomic mass is 31.0. The van der Waals surface area contributed by atoms with E-state index in [0.29, 0.717) is 24.3 Å². The maximum atomic E-state index is 13.3. The Hall–Kier alpha value is -2.75. The largest absolute Gasteiger partial charge is 0.416 e. The molecule has 3 aromatic rings. The zero-order valence-electron chi connectivity index (χ0n) is 16.8. The predicted octanol–water partition coefficient (Wildman–Crippen LogP) is 8.60. The van der Waals surface area contributed by atoms with Crippen molar-refractivity contribution in [3.05, 3.63) is 76.9 Å². The van der Waals surface area contributed by atoms with Crippen LogP contribution in [0.25, 0.3) is 22.3 Å². The van der Waals surface area contributed by atoms with Crippen LogP contribution in [0.1, 0.15) is 22.3 Å². The zero-order valence-corrected chi connectivity index (χ0v) is 18.0. The van der Waals surface area contributed by atoms with Gasteiger partial charge < -0.3 is 0 Å². The number of halogens is 12. The molecule has 35 heavy (non-hydrogen) atoms. The maximum Gasteiger partial charge on any atom is 0.416 e. The molecular formula is C22H11F12P. The van der Waals surface area contributed by atoms with Crippen molar-refractivity contribution in [3.63, 3.8) is 0 Å². The topological polar surface area (TPSA) is 0 Å². The predicted molar refractivity (Wildman–Crippen MR) is 107 cm³/mol. The van der Waals surface area contributed by atoms with Crippen molar-refractivity contribution in [1.82, 2.24) is 0 Å². The molecule has 0 N–H and O–H groups in total. The number of hydrogen-bond acceptors (Lipinski definition) is 0. The van der Waals surface area contributed by atoms with Crippen LogP contribution in [0.3, 0.4) is 0 Å². The molecule has 0 amide bonds. The van der Waals surface area contributed by atoms with E-state index in [1.54, 1.807) is 0 Å². The van der Waals surface area contributed by atoms with E-state index in [2.05, 4.69) is 0 Å². The Bertz CT molecular complexity index is 1180. The van der Waals surface area contributed by atoms with Gasteiger partial charge in [-0.1, -0.05) is 18.2 Å². The average Bonchev–Trinajstić information content (AvgIpc) is 2.70. The van der Waals surface area contributed by atoms with Gasteiger partial charge in [0.05, 0.1) is 22.3 Å². The minimum absolute atomic E-state index is 0.0547. The summed E-state index contributed by atoms with van der Waals surface area (Å²) in [6.45, 7) is 0. The second-order valence-corrected chi connectivity index (χ2v) is 7.98. The van der Waals surface area contributed by atoms with Crippen molar-refractivity contribution < 1.29 is 52.7 Å². The van der Waals surface area contributed by atoms with Crippen molar-refractivity contribution >= 4 is 14.5 Å². The molecule has 188 valence electrons. The van der Waals surface area contributed by atoms with E-state index in [4.69, 9.17) is 0 Å². The molecule has 0 spiro atoms. The van der Waals surface area contributed by atoms with Gasteiger partial charge in [-0.15, -0.1) is 9.24 Å². The lowest BCUT2D eigenvalue weighted by atomic mass is 9.90. The van der Waals surface area contributed by atoms with Gasteiger partial charge in [0, 0.05) is 0 Å². The maximum absolute atomic E-state index is 13.3. The van der Waals surface area contributed by atoms with Crippen LogP contribution in [0, 0.1) is 0 Å². The molecule has 0 aromatic heterocycles. The third kappa shape index (κ3) is 5.91. The standard InChI is InChI=1S/C22H11F12P/c23-19(24,25)12-4-10(5-13(8-12)20(26,27)28)16-2-1-3-17(35)18(16)11-6-14(21(29,30)31)9-15(7-11)22(32,33)34/h1-9H,35H2. The molecule has 0 radical (unpaired) electrons. The first kappa shape index (κ1) is 26.8. The molecule has 3 rings (SSSR count). The van der Waals surface area contributed by atoms with E-state index >= 15 is 0 Å². The quantitative estimate of drug-likeness (QED) is 0.228. The average molecular weight is 534 g/mol. The summed E-state index contributed by atoms with van der Waals surface area (Å²) < 4.78 is 160. The van der Waals surface area contributed by atoms with Crippen molar-refractivity contribution in [2.45, 2.75) is 24.7 Å². The van der Waals surface area contributed by atoms with Crippen LogP contribution in [-0.4, -0.2) is 0 Å². The molecule has 0 heterocycles. The van der Waals surface area contributed by atoms with Crippen LogP contribution in [0.2, 0.25) is 0 Å². The fourth-order valence-corrected chi connectivity index (χ4v) is 3.78. The zero-order chi connectivity index (χ0) is 26.6. The highest BCUT2D eigenvalue weighted by molar-refractivity contribution is 7.28. The van der Waals surface area contributed by atoms with E-state index in [-0.39, 0.29) is 17.4 Å². The summed E-state index contributed by atoms with van der Waals surface area (Å²) in [5.41, 5.74) is -9.01. The molecule has 0 aliphatic rings. The third-order valence-electron chi connectivity index (χ3n) is 4.87. The minimum atomic E-state index is -5.22. The summed E-state index contributed by atoms with van der Waals surface area (Å²) in [4.78, 5) is 0. The SMILES string of the molecule is FC(F)(F)c1cc(-c2cccc(P)c2-c2cc(C(F)(F)F)cc(C(F)(F)F)c2)cc(C(F)(F)F)c1. The molecule has 0 saturated carbocycles. The first-order chi connectivity index (χ1) is 15.8. The Balaban J connectivity index is 2.40. The lowest BCUT2D eigenvalue weighted by Crippen LogP contribution is -2.13. The van der Waals surface area contributed by atoms with E-state index in [9.17, 15) is 52.7 Å². The first-order valence-corrected chi connectivity index (χ1v) is 9.84. The Morgan fingerprint density at radius 3 is 1.14 bits per heavy atom. The van der Waals surface area contributed by atoms with Crippen LogP contribution in [0.4, 0.5) is 52.7 Å². The van der Waals surface area contributed by atoms with E-state index in [0.717, 1.165) is 6.07 Å². The van der Waals surface area contributed by atoms with Crippen LogP contribution in [-0.2, 0) is 24.7 Å². The first-order valence-electron chi connectivity index (χ1n) is 9.26. The Kier molecular flexibility index (Phi) is 6.69. The van der Waals surface area contributed by atoms with E-state index < -0.39 is 69.2 Å². The monoisotopic (exact) mass is 534 g/mol. The highest BCUT2D eigenvalue weighted by Crippen LogP contribution is 2.43. The van der Waals surface area contributed by atoms with Crippen molar-refractivity contribution in [3.8, 4) is 22.3 Å². The lowest BCUT2D eigenvalue weighted by Gasteiger charge is -2.19. The number of benzene rings is 3. The van der Waals surface area contributed by atoms with Gasteiger partial charge in [0.1, 0.15) is 0 Å². The molecule has 0 aliphatic carbocycles. The van der Waals surface area contributed by atoms with Gasteiger partial charge in [0.15, 0.2) is 0 Å². The third-order valence-corrected chi connectivity index (χ3v) is 5.35. The van der Waals surface area contributed by atoms with Crippen LogP contribution < -0.4 is 5.30 Å². The lowest BCUT2D eigenvalue weighted by molar-refractivity contribution is -0.144. The van der Waals surface area contributed by atoms with Gasteiger partial charge in [-0.05, 0) is 64.0 Å². The fourth-order valence-electron chi connectivity index (χ4n) is 3.34. The van der Waals surface area contributed by atoms with Crippen molar-refractivity contribution in [2.24, 2.45) is 0 Å². The summed E-state index contributed by atoms with van der Waals surface area (Å²) >= 11 is 0. The second kappa shape index (κ2) is 8.72. The summed E-state index contributed by atoms with van der Waals surface area (Å²) in [7, 11) is 2.00. The summed E-state index contributed by atoms with van der Waals surface area (Å²) in [5.74, 6) is 0. The van der Waals surface area contributed by atoms with Gasteiger partial charge in [-0.2, -0.15) is 52.7 Å². The summed E-state index contributed by atoms with van der Waals surface area (Å²) in [5, 5.41) is -0.0547. The summed E-state index contributed by atoms with van der Waals surface area (Å²) in [6.07, 6.45) is -20.9. The molecule has 0 nitrogen and oxygen atoms in total. The van der Waals surface area contributed by atoms with Gasteiger partial charge in [-0.25, -0.2) is 0 Å². The molecule has 0 fully saturated rings. The van der Waals surface area contributed by atoms with Gasteiger partial charge in [-0.3, -0.25) is 0 Å². The molecule has 0 aliphatic heterocycles. The van der Waals surface area contributed by atoms with Gasteiger partial charge >= 0.3 is 24.7 Å². The Labute approximate surface area is 191 Å². The van der Waals surface area contributed by atoms with Gasteiger partial charge in [0.2, 0.25) is 0 Å². The molecule has 13 heteroatoms. The van der Waals surface area contributed by atoms with Crippen molar-refractivity contribution in [2.75, 3.05) is 0 Å². The van der Waals surface area contributed by atoms with Crippen molar-refractivity contribution in [1.29, 1.82) is 0 Å². The molecule has 0 saturated heterocycles. The molecular weight excluding hydrogens is 523 g/mol. The van der Waals surface area contributed by atoms with Crippen LogP contribution >= 0.6 is 9.24 Å². The molecule has 0 bridgehead atoms. The smallest absolute Gasteiger partial charge is 0.166 e. The van der Waals surface area contributed by atoms with Gasteiger partial charge in [0.25, 0.3) is 0 Å². The normalized spacial score (nSPS) is 13.3. The minimum Gasteiger partial charge on any atom is -0.166 e. The highest BCUT2D eigenvalue weighted by Gasteiger charge is 2.39. The summed E-state index contributed by atoms with van der Waals surface area (Å²) in [6, 6.07) is 4.52. The Morgan fingerprint density at radius 2 is 0.800 bits per heavy atom. The number of hydrogen-bond donors (Lipinski definition) is 0. The number of alkyl halides is 12. The second-order valence-electron chi connectivity index (χ2n) is 7.36. The van der Waals surface area contributed by atoms with E-state index in [1.165, 1.54) is 12.1 Å². The molecule has 3 aromatic carbocycles. The fraction of sp³-hybridized carbons (Fsp3) is 0.182. The molecule has 1 unspecified atom stereocenters. The van der Waals surface area contributed by atoms with E-state index in [1.807, 2.05) is 9.24 Å². The molecule has 1 atom stereocenters.